The number of aryl methyl sites for hydroxylation is 1. The fraction of sp³-hybridized carbons (Fsp3) is 0.0769. The van der Waals surface area contributed by atoms with E-state index in [9.17, 15) is 9.59 Å². The lowest BCUT2D eigenvalue weighted by atomic mass is 10.1. The van der Waals surface area contributed by atoms with Crippen LogP contribution in [-0.4, -0.2) is 11.0 Å². The first-order valence-electron chi connectivity index (χ1n) is 5.37. The number of ether oxygens (including phenoxy) is 1. The smallest absolute Gasteiger partial charge is 0.349 e. The zero-order chi connectivity index (χ0) is 12.7. The molecule has 2 aromatic heterocycles. The van der Waals surface area contributed by atoms with Crippen molar-refractivity contribution in [3.8, 4) is 0 Å². The molecule has 0 aromatic carbocycles. The summed E-state index contributed by atoms with van der Waals surface area (Å²) in [5.41, 5.74) is 0.955. The average Bonchev–Trinajstić information content (AvgIpc) is 2.88. The van der Waals surface area contributed by atoms with E-state index in [-0.39, 0.29) is 5.56 Å². The maximum Gasteiger partial charge on any atom is 0.349 e. The second-order valence-corrected chi connectivity index (χ2v) is 4.96. The molecule has 0 amide bonds. The number of thiophene rings is 1. The fourth-order valence-corrected chi connectivity index (χ4v) is 2.55. The molecule has 3 heterocycles. The molecule has 2 aromatic rings. The molecule has 4 nitrogen and oxygen atoms in total. The topological polar surface area (TPSA) is 59.2 Å². The number of nitrogens with one attached hydrogen (secondary N) is 1. The monoisotopic (exact) mass is 259 g/mol. The highest BCUT2D eigenvalue weighted by molar-refractivity contribution is 7.10. The van der Waals surface area contributed by atoms with Gasteiger partial charge in [0.15, 0.2) is 0 Å². The number of esters is 1. The standard InChI is InChI=1S/C13H9NO3S/c1-7-5-9-10(6-8-3-2-4-18-8)17-13(16)11(9)12(15)14-7/h2-6H,1H3,(H,14,15)/b10-6-. The molecular weight excluding hydrogens is 250 g/mol. The zero-order valence-electron chi connectivity index (χ0n) is 9.52. The predicted octanol–water partition coefficient (Wildman–Crippen LogP) is 2.41. The van der Waals surface area contributed by atoms with Gasteiger partial charge in [0.05, 0.1) is 0 Å². The van der Waals surface area contributed by atoms with Crippen molar-refractivity contribution in [2.75, 3.05) is 0 Å². The number of cyclic esters (lactones) is 1. The van der Waals surface area contributed by atoms with Crippen molar-refractivity contribution >= 4 is 29.1 Å². The van der Waals surface area contributed by atoms with E-state index < -0.39 is 11.5 Å². The highest BCUT2D eigenvalue weighted by Gasteiger charge is 2.30. The third kappa shape index (κ3) is 1.69. The second-order valence-electron chi connectivity index (χ2n) is 3.98. The summed E-state index contributed by atoms with van der Waals surface area (Å²) in [6.45, 7) is 1.77. The van der Waals surface area contributed by atoms with Gasteiger partial charge in [-0.2, -0.15) is 0 Å². The first-order valence-corrected chi connectivity index (χ1v) is 6.25. The number of fused-ring (bicyclic) bond motifs is 1. The Bertz CT molecular complexity index is 710. The van der Waals surface area contributed by atoms with Crippen LogP contribution in [-0.2, 0) is 4.74 Å². The Morgan fingerprint density at radius 1 is 1.39 bits per heavy atom. The van der Waals surface area contributed by atoms with Gasteiger partial charge in [-0.25, -0.2) is 4.79 Å². The Hall–Kier alpha value is -2.14. The van der Waals surface area contributed by atoms with E-state index in [0.29, 0.717) is 17.0 Å². The Morgan fingerprint density at radius 2 is 2.22 bits per heavy atom. The first kappa shape index (κ1) is 11.0. The number of hydrogen-bond acceptors (Lipinski definition) is 4. The van der Waals surface area contributed by atoms with Crippen LogP contribution in [0.4, 0.5) is 0 Å². The van der Waals surface area contributed by atoms with Crippen LogP contribution in [0, 0.1) is 6.92 Å². The van der Waals surface area contributed by atoms with Crippen LogP contribution >= 0.6 is 11.3 Å². The van der Waals surface area contributed by atoms with Crippen molar-refractivity contribution in [3.63, 3.8) is 0 Å². The number of aromatic amines is 1. The molecule has 0 saturated carbocycles. The fourth-order valence-electron chi connectivity index (χ4n) is 1.90. The maximum absolute atomic E-state index is 11.7. The van der Waals surface area contributed by atoms with Gasteiger partial charge in [0.25, 0.3) is 5.56 Å². The molecule has 90 valence electrons. The van der Waals surface area contributed by atoms with E-state index in [4.69, 9.17) is 4.74 Å². The number of H-pyrrole nitrogens is 1. The van der Waals surface area contributed by atoms with Crippen molar-refractivity contribution < 1.29 is 9.53 Å². The molecule has 0 radical (unpaired) electrons. The Labute approximate surface area is 107 Å². The average molecular weight is 259 g/mol. The van der Waals surface area contributed by atoms with Crippen LogP contribution in [0.1, 0.15) is 26.5 Å². The number of rotatable bonds is 1. The van der Waals surface area contributed by atoms with E-state index in [0.717, 1.165) is 4.88 Å². The molecule has 0 bridgehead atoms. The highest BCUT2D eigenvalue weighted by atomic mass is 32.1. The summed E-state index contributed by atoms with van der Waals surface area (Å²) < 4.78 is 5.15. The van der Waals surface area contributed by atoms with Gasteiger partial charge in [-0.15, -0.1) is 11.3 Å². The van der Waals surface area contributed by atoms with Gasteiger partial charge in [0.1, 0.15) is 11.3 Å². The highest BCUT2D eigenvalue weighted by Crippen LogP contribution is 2.30. The van der Waals surface area contributed by atoms with Crippen LogP contribution in [0.3, 0.4) is 0 Å². The summed E-state index contributed by atoms with van der Waals surface area (Å²) in [5.74, 6) is -0.152. The Morgan fingerprint density at radius 3 is 2.94 bits per heavy atom. The van der Waals surface area contributed by atoms with Crippen molar-refractivity contribution in [1.29, 1.82) is 0 Å². The molecule has 0 spiro atoms. The molecule has 5 heteroatoms. The summed E-state index contributed by atoms with van der Waals surface area (Å²) in [6.07, 6.45) is 1.77. The van der Waals surface area contributed by atoms with E-state index in [1.807, 2.05) is 17.5 Å². The summed E-state index contributed by atoms with van der Waals surface area (Å²) in [7, 11) is 0. The van der Waals surface area contributed by atoms with Crippen molar-refractivity contribution in [3.05, 3.63) is 55.6 Å². The van der Waals surface area contributed by atoms with Gasteiger partial charge in [-0.05, 0) is 30.5 Å². The SMILES string of the molecule is Cc1cc2c(c(=O)[nH]1)C(=O)O/C2=C\c1cccs1. The molecule has 1 aliphatic heterocycles. The number of pyridine rings is 1. The third-order valence-corrected chi connectivity index (χ3v) is 3.48. The second kappa shape index (κ2) is 3.96. The summed E-state index contributed by atoms with van der Waals surface area (Å²) >= 11 is 1.54. The largest absolute Gasteiger partial charge is 0.422 e. The van der Waals surface area contributed by atoms with Crippen LogP contribution < -0.4 is 5.56 Å². The van der Waals surface area contributed by atoms with Gasteiger partial charge >= 0.3 is 5.97 Å². The number of carbonyl (C=O) groups excluding carboxylic acids is 1. The minimum atomic E-state index is -0.589. The lowest BCUT2D eigenvalue weighted by molar-refractivity contribution is 0.0715. The van der Waals surface area contributed by atoms with Crippen molar-refractivity contribution in [2.24, 2.45) is 0 Å². The molecule has 0 atom stereocenters. The molecule has 0 unspecified atom stereocenters. The predicted molar refractivity (Wildman–Crippen MR) is 69.4 cm³/mol. The summed E-state index contributed by atoms with van der Waals surface area (Å²) in [4.78, 5) is 26.9. The van der Waals surface area contributed by atoms with Gasteiger partial charge < -0.3 is 9.72 Å². The summed E-state index contributed by atoms with van der Waals surface area (Å²) in [6, 6.07) is 5.59. The zero-order valence-corrected chi connectivity index (χ0v) is 10.3. The lowest BCUT2D eigenvalue weighted by Crippen LogP contribution is -2.16. The normalized spacial score (nSPS) is 15.8. The number of aromatic nitrogens is 1. The van der Waals surface area contributed by atoms with E-state index in [1.165, 1.54) is 0 Å². The molecule has 1 aliphatic rings. The van der Waals surface area contributed by atoms with Crippen LogP contribution in [0.25, 0.3) is 11.8 Å². The Kier molecular flexibility index (Phi) is 2.41. The minimum absolute atomic E-state index is 0.0865. The van der Waals surface area contributed by atoms with E-state index >= 15 is 0 Å². The van der Waals surface area contributed by atoms with Crippen LogP contribution in [0.2, 0.25) is 0 Å². The molecule has 0 aliphatic carbocycles. The molecule has 1 N–H and O–H groups in total. The van der Waals surface area contributed by atoms with Gasteiger partial charge in [-0.3, -0.25) is 4.79 Å². The summed E-state index contributed by atoms with van der Waals surface area (Å²) in [5, 5.41) is 1.94. The van der Waals surface area contributed by atoms with Crippen molar-refractivity contribution in [2.45, 2.75) is 6.92 Å². The molecule has 0 fully saturated rings. The quantitative estimate of drug-likeness (QED) is 0.800. The maximum atomic E-state index is 11.7. The van der Waals surface area contributed by atoms with Crippen LogP contribution in [0.5, 0.6) is 0 Å². The van der Waals surface area contributed by atoms with Crippen LogP contribution in [0.15, 0.2) is 28.4 Å². The minimum Gasteiger partial charge on any atom is -0.422 e. The third-order valence-electron chi connectivity index (χ3n) is 2.66. The molecule has 18 heavy (non-hydrogen) atoms. The van der Waals surface area contributed by atoms with E-state index in [2.05, 4.69) is 4.98 Å². The van der Waals surface area contributed by atoms with Gasteiger partial charge in [0.2, 0.25) is 0 Å². The first-order chi connectivity index (χ1) is 8.65. The molecule has 0 saturated heterocycles. The van der Waals surface area contributed by atoms with Crippen molar-refractivity contribution in [1.82, 2.24) is 4.98 Å². The van der Waals surface area contributed by atoms with Gasteiger partial charge in [0, 0.05) is 16.1 Å². The molecule has 3 rings (SSSR count). The lowest BCUT2D eigenvalue weighted by Gasteiger charge is -1.98. The molecular formula is C13H9NO3S. The van der Waals surface area contributed by atoms with E-state index in [1.54, 1.807) is 30.4 Å². The van der Waals surface area contributed by atoms with Gasteiger partial charge in [-0.1, -0.05) is 6.07 Å². The number of carbonyl (C=O) groups is 1. The Balaban J connectivity index is 2.20. The number of hydrogen-bond donors (Lipinski definition) is 1.